The Labute approximate surface area is 101 Å². The zero-order valence-corrected chi connectivity index (χ0v) is 9.22. The molecule has 0 heterocycles. The van der Waals surface area contributed by atoms with E-state index in [1.165, 1.54) is 6.92 Å². The summed E-state index contributed by atoms with van der Waals surface area (Å²) in [5, 5.41) is 0. The first kappa shape index (κ1) is 17.3. The summed E-state index contributed by atoms with van der Waals surface area (Å²) in [6.07, 6.45) is -5.95. The monoisotopic (exact) mass is 294 g/mol. The average molecular weight is 294 g/mol. The lowest BCUT2D eigenvalue weighted by atomic mass is 10.1. The number of aldehydes is 1. The molecular formula is C10H6F8O. The smallest absolute Gasteiger partial charge is 0.293 e. The molecule has 0 spiro atoms. The van der Waals surface area contributed by atoms with Gasteiger partial charge in [0.15, 0.2) is 23.3 Å². The van der Waals surface area contributed by atoms with Crippen molar-refractivity contribution in [3.05, 3.63) is 34.6 Å². The Balaban J connectivity index is 0.000000459. The molecule has 0 saturated heterocycles. The average Bonchev–Trinajstić information content (AvgIpc) is 2.35. The van der Waals surface area contributed by atoms with Crippen molar-refractivity contribution in [1.82, 2.24) is 0 Å². The number of carbonyl (C=O) groups excluding carboxylic acids is 1. The van der Waals surface area contributed by atoms with Crippen LogP contribution in [0, 0.1) is 29.1 Å². The second-order valence-corrected chi connectivity index (χ2v) is 3.06. The van der Waals surface area contributed by atoms with E-state index in [1.807, 2.05) is 0 Å². The van der Waals surface area contributed by atoms with E-state index in [0.717, 1.165) is 0 Å². The van der Waals surface area contributed by atoms with Crippen molar-refractivity contribution < 1.29 is 39.9 Å². The first-order valence-electron chi connectivity index (χ1n) is 4.60. The molecule has 0 aliphatic heterocycles. The molecule has 0 radical (unpaired) electrons. The minimum atomic E-state index is -4.64. The number of alkyl halides is 3. The van der Waals surface area contributed by atoms with Crippen LogP contribution in [-0.4, -0.2) is 12.5 Å². The maximum absolute atomic E-state index is 12.7. The molecule has 0 aromatic heterocycles. The molecular weight excluding hydrogens is 288 g/mol. The van der Waals surface area contributed by atoms with Crippen LogP contribution in [0.2, 0.25) is 0 Å². The fourth-order valence-electron chi connectivity index (χ4n) is 0.961. The Morgan fingerprint density at radius 1 is 0.842 bits per heavy atom. The highest BCUT2D eigenvalue weighted by atomic mass is 19.4. The Hall–Kier alpha value is -1.67. The molecule has 0 fully saturated rings. The summed E-state index contributed by atoms with van der Waals surface area (Å²) in [5.41, 5.74) is -0.781. The quantitative estimate of drug-likeness (QED) is 0.334. The Morgan fingerprint density at radius 3 is 1.32 bits per heavy atom. The summed E-state index contributed by atoms with van der Waals surface area (Å²) in [7, 11) is 0. The lowest BCUT2D eigenvalue weighted by Crippen LogP contribution is -2.07. The minimum absolute atomic E-state index is 0.244. The Bertz CT molecular complexity index is 437. The highest BCUT2D eigenvalue weighted by Crippen LogP contribution is 2.22. The van der Waals surface area contributed by atoms with E-state index in [1.54, 1.807) is 0 Å². The van der Waals surface area contributed by atoms with Crippen LogP contribution in [0.5, 0.6) is 0 Å². The van der Waals surface area contributed by atoms with Gasteiger partial charge in [0.25, 0.3) is 0 Å². The van der Waals surface area contributed by atoms with Gasteiger partial charge in [-0.3, -0.25) is 4.79 Å². The van der Waals surface area contributed by atoms with Crippen LogP contribution in [0.25, 0.3) is 0 Å². The molecule has 1 nitrogen and oxygen atoms in total. The van der Waals surface area contributed by atoms with Gasteiger partial charge in [-0.25, -0.2) is 22.0 Å². The van der Waals surface area contributed by atoms with Gasteiger partial charge in [-0.1, -0.05) is 6.92 Å². The van der Waals surface area contributed by atoms with E-state index in [4.69, 9.17) is 4.79 Å². The van der Waals surface area contributed by atoms with Gasteiger partial charge >= 0.3 is 6.18 Å². The van der Waals surface area contributed by atoms with E-state index in [9.17, 15) is 35.1 Å². The first-order valence-corrected chi connectivity index (χ1v) is 4.60. The summed E-state index contributed by atoms with van der Waals surface area (Å²) in [6, 6.07) is 0. The van der Waals surface area contributed by atoms with E-state index in [2.05, 4.69) is 0 Å². The zero-order chi connectivity index (χ0) is 15.4. The SMILES string of the molecule is CCc1c(F)c(F)c(F)c(F)c1F.O=CC(F)(F)F. The molecule has 0 aliphatic carbocycles. The third-order valence-electron chi connectivity index (χ3n) is 1.79. The second-order valence-electron chi connectivity index (χ2n) is 3.06. The summed E-state index contributed by atoms with van der Waals surface area (Å²) in [5.74, 6) is -9.41. The van der Waals surface area contributed by atoms with E-state index in [-0.39, 0.29) is 6.42 Å². The normalized spacial score (nSPS) is 10.8. The van der Waals surface area contributed by atoms with Gasteiger partial charge in [-0.2, -0.15) is 13.2 Å². The van der Waals surface area contributed by atoms with E-state index >= 15 is 0 Å². The van der Waals surface area contributed by atoms with Gasteiger partial charge < -0.3 is 0 Å². The topological polar surface area (TPSA) is 17.1 Å². The Morgan fingerprint density at radius 2 is 1.11 bits per heavy atom. The molecule has 0 bridgehead atoms. The zero-order valence-electron chi connectivity index (χ0n) is 9.22. The van der Waals surface area contributed by atoms with Crippen molar-refractivity contribution >= 4 is 6.29 Å². The second kappa shape index (κ2) is 6.48. The molecule has 0 saturated carbocycles. The number of hydrogen-bond donors (Lipinski definition) is 0. The van der Waals surface area contributed by atoms with E-state index in [0.29, 0.717) is 0 Å². The van der Waals surface area contributed by atoms with Crippen molar-refractivity contribution in [2.45, 2.75) is 19.5 Å². The van der Waals surface area contributed by atoms with Crippen molar-refractivity contribution in [3.63, 3.8) is 0 Å². The fraction of sp³-hybridized carbons (Fsp3) is 0.300. The minimum Gasteiger partial charge on any atom is -0.293 e. The molecule has 0 atom stereocenters. The van der Waals surface area contributed by atoms with Gasteiger partial charge in [0.1, 0.15) is 0 Å². The number of benzene rings is 1. The largest absolute Gasteiger partial charge is 0.446 e. The van der Waals surface area contributed by atoms with Crippen molar-refractivity contribution in [3.8, 4) is 0 Å². The van der Waals surface area contributed by atoms with Crippen molar-refractivity contribution in [2.24, 2.45) is 0 Å². The number of carbonyl (C=O) groups is 1. The predicted octanol–water partition coefficient (Wildman–Crippen LogP) is 3.69. The predicted molar refractivity (Wildman–Crippen MR) is 47.7 cm³/mol. The molecule has 108 valence electrons. The van der Waals surface area contributed by atoms with Crippen LogP contribution in [0.3, 0.4) is 0 Å². The van der Waals surface area contributed by atoms with E-state index < -0.39 is 47.1 Å². The third kappa shape index (κ3) is 4.49. The van der Waals surface area contributed by atoms with Crippen LogP contribution in [0.15, 0.2) is 0 Å². The molecule has 0 N–H and O–H groups in total. The maximum atomic E-state index is 12.7. The lowest BCUT2D eigenvalue weighted by Gasteiger charge is -2.04. The molecule has 0 aliphatic rings. The van der Waals surface area contributed by atoms with Crippen molar-refractivity contribution in [1.29, 1.82) is 0 Å². The molecule has 1 aromatic carbocycles. The van der Waals surface area contributed by atoms with Crippen LogP contribution in [0.1, 0.15) is 12.5 Å². The van der Waals surface area contributed by atoms with Gasteiger partial charge in [-0.05, 0) is 6.42 Å². The third-order valence-corrected chi connectivity index (χ3v) is 1.79. The fourth-order valence-corrected chi connectivity index (χ4v) is 0.961. The summed E-state index contributed by atoms with van der Waals surface area (Å²) in [6.45, 7) is 1.30. The van der Waals surface area contributed by atoms with Crippen molar-refractivity contribution in [2.75, 3.05) is 0 Å². The summed E-state index contributed by atoms with van der Waals surface area (Å²) >= 11 is 0. The number of halogens is 8. The molecule has 1 aromatic rings. The number of hydrogen-bond acceptors (Lipinski definition) is 1. The molecule has 0 amide bonds. The Kier molecular flexibility index (Phi) is 5.91. The standard InChI is InChI=1S/C8H5F5.C2HF3O/c1-2-3-4(9)6(11)8(13)7(12)5(3)10;3-2(4,5)1-6/h2H2,1H3;1H. The molecule has 19 heavy (non-hydrogen) atoms. The van der Waals surface area contributed by atoms with Gasteiger partial charge in [0.05, 0.1) is 0 Å². The summed E-state index contributed by atoms with van der Waals surface area (Å²) < 4.78 is 93.9. The van der Waals surface area contributed by atoms with Crippen LogP contribution in [0.4, 0.5) is 35.1 Å². The molecule has 9 heteroatoms. The van der Waals surface area contributed by atoms with Gasteiger partial charge in [0, 0.05) is 5.56 Å². The summed E-state index contributed by atoms with van der Waals surface area (Å²) in [4.78, 5) is 8.70. The van der Waals surface area contributed by atoms with Gasteiger partial charge in [-0.15, -0.1) is 0 Å². The highest BCUT2D eigenvalue weighted by molar-refractivity contribution is 5.56. The molecule has 1 rings (SSSR count). The van der Waals surface area contributed by atoms with Crippen LogP contribution < -0.4 is 0 Å². The highest BCUT2D eigenvalue weighted by Gasteiger charge is 2.25. The maximum Gasteiger partial charge on any atom is 0.446 e. The first-order chi connectivity index (χ1) is 8.56. The van der Waals surface area contributed by atoms with Crippen LogP contribution >= 0.6 is 0 Å². The van der Waals surface area contributed by atoms with Crippen LogP contribution in [-0.2, 0) is 11.2 Å². The number of rotatable bonds is 1. The van der Waals surface area contributed by atoms with Gasteiger partial charge in [0.2, 0.25) is 12.1 Å². The molecule has 0 unspecified atom stereocenters. The lowest BCUT2D eigenvalue weighted by molar-refractivity contribution is -0.156.